The van der Waals surface area contributed by atoms with Crippen LogP contribution in [0.1, 0.15) is 0 Å². The Hall–Kier alpha value is -1.93. The van der Waals surface area contributed by atoms with Gasteiger partial charge in [-0.1, -0.05) is 35.9 Å². The summed E-state index contributed by atoms with van der Waals surface area (Å²) < 4.78 is 13.4. The van der Waals surface area contributed by atoms with Gasteiger partial charge in [0.15, 0.2) is 0 Å². The fourth-order valence-corrected chi connectivity index (χ4v) is 2.26. The molecule has 3 aromatic rings. The molecular formula is C15H9ClFN. The van der Waals surface area contributed by atoms with Gasteiger partial charge in [0.05, 0.1) is 5.69 Å². The van der Waals surface area contributed by atoms with Crippen LogP contribution in [0.25, 0.3) is 22.0 Å². The number of nitrogens with zero attached hydrogens (tertiary/aromatic N) is 1. The quantitative estimate of drug-likeness (QED) is 0.616. The molecule has 2 aromatic carbocycles. The summed E-state index contributed by atoms with van der Waals surface area (Å²) in [6.45, 7) is 0. The van der Waals surface area contributed by atoms with E-state index in [4.69, 9.17) is 11.6 Å². The van der Waals surface area contributed by atoms with E-state index in [1.807, 2.05) is 30.3 Å². The van der Waals surface area contributed by atoms with Crippen LogP contribution in [0.15, 0.2) is 54.7 Å². The lowest BCUT2D eigenvalue weighted by Crippen LogP contribution is -1.87. The Bertz CT molecular complexity index is 699. The summed E-state index contributed by atoms with van der Waals surface area (Å²) in [5, 5.41) is 2.43. The van der Waals surface area contributed by atoms with Gasteiger partial charge in [0.25, 0.3) is 0 Å². The molecule has 0 radical (unpaired) electrons. The highest BCUT2D eigenvalue weighted by atomic mass is 35.5. The number of benzene rings is 2. The average molecular weight is 258 g/mol. The molecule has 0 spiro atoms. The highest BCUT2D eigenvalue weighted by Gasteiger charge is 2.07. The normalized spacial score (nSPS) is 10.8. The van der Waals surface area contributed by atoms with Gasteiger partial charge in [-0.2, -0.15) is 0 Å². The summed E-state index contributed by atoms with van der Waals surface area (Å²) in [5.74, 6) is -0.354. The molecule has 0 saturated heterocycles. The smallest absolute Gasteiger partial charge is 0.125 e. The van der Waals surface area contributed by atoms with Crippen LogP contribution in [0, 0.1) is 5.82 Å². The molecule has 18 heavy (non-hydrogen) atoms. The van der Waals surface area contributed by atoms with E-state index >= 15 is 0 Å². The summed E-state index contributed by atoms with van der Waals surface area (Å²) in [4.78, 5) is 4.33. The van der Waals surface area contributed by atoms with E-state index in [1.165, 1.54) is 12.1 Å². The highest BCUT2D eigenvalue weighted by molar-refractivity contribution is 6.30. The number of hydrogen-bond donors (Lipinski definition) is 0. The Balaban J connectivity index is 2.31. The Kier molecular flexibility index (Phi) is 2.73. The van der Waals surface area contributed by atoms with Crippen molar-refractivity contribution in [2.45, 2.75) is 0 Å². The highest BCUT2D eigenvalue weighted by Crippen LogP contribution is 2.28. The van der Waals surface area contributed by atoms with Gasteiger partial charge in [0.1, 0.15) is 5.82 Å². The lowest BCUT2D eigenvalue weighted by Gasteiger charge is -2.06. The molecule has 0 aliphatic heterocycles. The van der Waals surface area contributed by atoms with Gasteiger partial charge in [-0.05, 0) is 29.7 Å². The minimum absolute atomic E-state index is 0.354. The third kappa shape index (κ3) is 1.95. The number of aromatic nitrogens is 1. The molecule has 0 atom stereocenters. The predicted molar refractivity (Wildman–Crippen MR) is 72.1 cm³/mol. The van der Waals surface area contributed by atoms with Crippen LogP contribution in [0.3, 0.4) is 0 Å². The molecule has 3 heteroatoms. The Morgan fingerprint density at radius 3 is 2.67 bits per heavy atom. The molecule has 3 rings (SSSR count). The van der Waals surface area contributed by atoms with Crippen molar-refractivity contribution >= 4 is 22.4 Å². The van der Waals surface area contributed by atoms with Gasteiger partial charge in [-0.15, -0.1) is 0 Å². The van der Waals surface area contributed by atoms with Crippen LogP contribution >= 0.6 is 11.6 Å². The van der Waals surface area contributed by atoms with Crippen LogP contribution in [0.2, 0.25) is 5.02 Å². The van der Waals surface area contributed by atoms with Crippen molar-refractivity contribution in [3.05, 3.63) is 65.6 Å². The van der Waals surface area contributed by atoms with E-state index < -0.39 is 0 Å². The van der Waals surface area contributed by atoms with Crippen LogP contribution in [0.4, 0.5) is 4.39 Å². The fraction of sp³-hybridized carbons (Fsp3) is 0. The number of rotatable bonds is 1. The molecule has 1 nitrogen and oxygen atoms in total. The van der Waals surface area contributed by atoms with Gasteiger partial charge in [0.2, 0.25) is 0 Å². The maximum atomic E-state index is 13.4. The largest absolute Gasteiger partial charge is 0.256 e. The maximum Gasteiger partial charge on any atom is 0.125 e. The van der Waals surface area contributed by atoms with Crippen LogP contribution in [0.5, 0.6) is 0 Å². The lowest BCUT2D eigenvalue weighted by atomic mass is 10.0. The number of fused-ring (bicyclic) bond motifs is 1. The first kappa shape index (κ1) is 11.2. The Labute approximate surface area is 109 Å². The molecular weight excluding hydrogens is 249 g/mol. The standard InChI is InChI=1S/C15H9ClFN/c16-12-7-11(8-13(17)9-12)15-14-4-2-1-3-10(14)5-6-18-15/h1-9H. The summed E-state index contributed by atoms with van der Waals surface area (Å²) in [6.07, 6.45) is 1.72. The van der Waals surface area contributed by atoms with Crippen LogP contribution in [-0.4, -0.2) is 4.98 Å². The molecule has 0 unspecified atom stereocenters. The number of hydrogen-bond acceptors (Lipinski definition) is 1. The topological polar surface area (TPSA) is 12.9 Å². The third-order valence-electron chi connectivity index (χ3n) is 2.81. The Morgan fingerprint density at radius 2 is 1.83 bits per heavy atom. The molecule has 88 valence electrons. The Morgan fingerprint density at radius 1 is 1.00 bits per heavy atom. The van der Waals surface area contributed by atoms with Gasteiger partial charge in [-0.25, -0.2) is 4.39 Å². The molecule has 0 N–H and O–H groups in total. The number of halogens is 2. The first-order chi connectivity index (χ1) is 8.74. The third-order valence-corrected chi connectivity index (χ3v) is 3.03. The molecule has 0 bridgehead atoms. The van der Waals surface area contributed by atoms with E-state index in [1.54, 1.807) is 12.3 Å². The zero-order chi connectivity index (χ0) is 12.5. The van der Waals surface area contributed by atoms with Gasteiger partial charge < -0.3 is 0 Å². The van der Waals surface area contributed by atoms with E-state index in [0.717, 1.165) is 16.5 Å². The van der Waals surface area contributed by atoms with Crippen molar-refractivity contribution in [2.75, 3.05) is 0 Å². The summed E-state index contributed by atoms with van der Waals surface area (Å²) >= 11 is 5.88. The molecule has 1 heterocycles. The van der Waals surface area contributed by atoms with E-state index in [0.29, 0.717) is 10.6 Å². The summed E-state index contributed by atoms with van der Waals surface area (Å²) in [5.41, 5.74) is 1.44. The second kappa shape index (κ2) is 4.39. The second-order valence-corrected chi connectivity index (χ2v) is 4.48. The van der Waals surface area contributed by atoms with Crippen molar-refractivity contribution in [3.8, 4) is 11.3 Å². The monoisotopic (exact) mass is 257 g/mol. The lowest BCUT2D eigenvalue weighted by molar-refractivity contribution is 0.628. The second-order valence-electron chi connectivity index (χ2n) is 4.04. The average Bonchev–Trinajstić information content (AvgIpc) is 2.37. The zero-order valence-corrected chi connectivity index (χ0v) is 10.2. The molecule has 0 amide bonds. The SMILES string of the molecule is Fc1cc(Cl)cc(-c2nccc3ccccc23)c1. The predicted octanol–water partition coefficient (Wildman–Crippen LogP) is 4.69. The van der Waals surface area contributed by atoms with Gasteiger partial charge in [-0.3, -0.25) is 4.98 Å². The van der Waals surface area contributed by atoms with E-state index in [-0.39, 0.29) is 5.82 Å². The van der Waals surface area contributed by atoms with E-state index in [9.17, 15) is 4.39 Å². The molecule has 0 saturated carbocycles. The van der Waals surface area contributed by atoms with Crippen molar-refractivity contribution in [3.63, 3.8) is 0 Å². The molecule has 0 aliphatic carbocycles. The number of pyridine rings is 1. The van der Waals surface area contributed by atoms with Crippen molar-refractivity contribution < 1.29 is 4.39 Å². The van der Waals surface area contributed by atoms with Crippen LogP contribution < -0.4 is 0 Å². The zero-order valence-electron chi connectivity index (χ0n) is 9.40. The van der Waals surface area contributed by atoms with Gasteiger partial charge in [0, 0.05) is 22.2 Å². The molecule has 1 aromatic heterocycles. The first-order valence-corrected chi connectivity index (χ1v) is 5.92. The maximum absolute atomic E-state index is 13.4. The van der Waals surface area contributed by atoms with E-state index in [2.05, 4.69) is 4.98 Å². The minimum Gasteiger partial charge on any atom is -0.256 e. The van der Waals surface area contributed by atoms with Crippen molar-refractivity contribution in [1.82, 2.24) is 4.98 Å². The first-order valence-electron chi connectivity index (χ1n) is 5.54. The van der Waals surface area contributed by atoms with Crippen LogP contribution in [-0.2, 0) is 0 Å². The van der Waals surface area contributed by atoms with Crippen molar-refractivity contribution in [1.29, 1.82) is 0 Å². The molecule has 0 aliphatic rings. The minimum atomic E-state index is -0.354. The molecule has 0 fully saturated rings. The summed E-state index contributed by atoms with van der Waals surface area (Å²) in [7, 11) is 0. The van der Waals surface area contributed by atoms with Gasteiger partial charge >= 0.3 is 0 Å². The fourth-order valence-electron chi connectivity index (χ4n) is 2.04. The summed E-state index contributed by atoms with van der Waals surface area (Å²) in [6, 6.07) is 14.3. The van der Waals surface area contributed by atoms with Crippen molar-refractivity contribution in [2.24, 2.45) is 0 Å².